The average molecular weight is 592 g/mol. The van der Waals surface area contributed by atoms with Crippen molar-refractivity contribution in [2.24, 2.45) is 0 Å². The Morgan fingerprint density at radius 2 is 1.79 bits per heavy atom. The number of halogens is 3. The summed E-state index contributed by atoms with van der Waals surface area (Å²) < 4.78 is 47.7. The van der Waals surface area contributed by atoms with Crippen LogP contribution >= 0.6 is 0 Å². The van der Waals surface area contributed by atoms with Crippen LogP contribution in [0, 0.1) is 17.1 Å². The van der Waals surface area contributed by atoms with Crippen LogP contribution in [0.5, 0.6) is 0 Å². The summed E-state index contributed by atoms with van der Waals surface area (Å²) >= 11 is 0. The second-order valence-corrected chi connectivity index (χ2v) is 10.6. The van der Waals surface area contributed by atoms with Crippen LogP contribution in [-0.2, 0) is 26.8 Å². The van der Waals surface area contributed by atoms with Gasteiger partial charge in [-0.25, -0.2) is 18.0 Å². The fourth-order valence-corrected chi connectivity index (χ4v) is 5.60. The Kier molecular flexibility index (Phi) is 7.52. The van der Waals surface area contributed by atoms with E-state index in [2.05, 4.69) is 5.32 Å². The van der Waals surface area contributed by atoms with Crippen molar-refractivity contribution in [2.75, 3.05) is 48.9 Å². The van der Waals surface area contributed by atoms with Crippen LogP contribution < -0.4 is 15.1 Å². The second-order valence-electron chi connectivity index (χ2n) is 10.6. The minimum absolute atomic E-state index is 0.0335. The summed E-state index contributed by atoms with van der Waals surface area (Å²) in [5.41, 5.74) is 0.00592. The van der Waals surface area contributed by atoms with Crippen molar-refractivity contribution in [1.29, 1.82) is 5.26 Å². The Labute approximate surface area is 246 Å². The Bertz CT molecular complexity index is 1640. The molecule has 2 aliphatic rings. The molecule has 12 heteroatoms. The number of carbonyl (C=O) groups excluding carboxylic acids is 3. The number of esters is 1. The number of hydrogen-bond acceptors (Lipinski definition) is 7. The van der Waals surface area contributed by atoms with Gasteiger partial charge in [-0.3, -0.25) is 14.5 Å². The topological polar surface area (TPSA) is 106 Å². The number of ether oxygens (including phenoxy) is 1. The molecule has 0 radical (unpaired) electrons. The van der Waals surface area contributed by atoms with Gasteiger partial charge in [0.25, 0.3) is 11.8 Å². The molecular formula is C31H28F3N5O4. The smallest absolute Gasteiger partial charge is 0.342 e. The largest absolute Gasteiger partial charge is 0.465 e. The first kappa shape index (κ1) is 29.4. The van der Waals surface area contributed by atoms with E-state index in [4.69, 9.17) is 10.00 Å². The van der Waals surface area contributed by atoms with E-state index in [1.54, 1.807) is 30.1 Å². The highest BCUT2D eigenvalue weighted by Crippen LogP contribution is 2.42. The normalized spacial score (nSPS) is 16.2. The van der Waals surface area contributed by atoms with Crippen LogP contribution in [0.2, 0.25) is 0 Å². The molecule has 9 nitrogen and oxygen atoms in total. The highest BCUT2D eigenvalue weighted by Gasteiger charge is 2.60. The minimum atomic E-state index is -3.05. The highest BCUT2D eigenvalue weighted by molar-refractivity contribution is 6.11. The molecule has 222 valence electrons. The molecule has 2 aliphatic heterocycles. The standard InChI is InChI=1S/C31H28F3N5O4/c1-30(33,34)21-10-7-19(8-11-21)15-39-26(40)16-38(24-12-9-20(14-35)13-22(24)32)29(42)31(39)17-37(18-31)25-6-4-5-23(36-2)27(25)28(41)43-3/h4-13,36H,15-18H2,1-3H3. The molecule has 0 aromatic heterocycles. The van der Waals surface area contributed by atoms with Crippen molar-refractivity contribution in [2.45, 2.75) is 24.9 Å². The molecule has 2 heterocycles. The van der Waals surface area contributed by atoms with E-state index >= 15 is 4.39 Å². The van der Waals surface area contributed by atoms with E-state index in [1.165, 1.54) is 48.4 Å². The maximum absolute atomic E-state index is 15.1. The van der Waals surface area contributed by atoms with E-state index in [0.29, 0.717) is 16.9 Å². The molecule has 3 aromatic carbocycles. The van der Waals surface area contributed by atoms with Gasteiger partial charge in [0.05, 0.1) is 48.9 Å². The van der Waals surface area contributed by atoms with Crippen LogP contribution in [0.4, 0.5) is 30.2 Å². The van der Waals surface area contributed by atoms with Crippen LogP contribution in [0.25, 0.3) is 0 Å². The Balaban J connectivity index is 1.54. The maximum atomic E-state index is 15.1. The zero-order valence-electron chi connectivity index (χ0n) is 23.7. The zero-order valence-corrected chi connectivity index (χ0v) is 23.7. The van der Waals surface area contributed by atoms with Crippen molar-refractivity contribution < 1.29 is 32.3 Å². The quantitative estimate of drug-likeness (QED) is 0.409. The van der Waals surface area contributed by atoms with Crippen molar-refractivity contribution >= 4 is 34.8 Å². The fourth-order valence-electron chi connectivity index (χ4n) is 5.60. The lowest BCUT2D eigenvalue weighted by molar-refractivity contribution is -0.153. The number of alkyl halides is 2. The molecule has 43 heavy (non-hydrogen) atoms. The lowest BCUT2D eigenvalue weighted by Crippen LogP contribution is -2.81. The minimum Gasteiger partial charge on any atom is -0.465 e. The molecule has 1 spiro atoms. The van der Waals surface area contributed by atoms with Crippen LogP contribution in [-0.4, -0.2) is 62.0 Å². The number of hydrogen-bond donors (Lipinski definition) is 1. The first-order valence-corrected chi connectivity index (χ1v) is 13.4. The number of anilines is 3. The van der Waals surface area contributed by atoms with Crippen molar-refractivity contribution in [3.05, 3.63) is 88.7 Å². The molecule has 0 aliphatic carbocycles. The van der Waals surface area contributed by atoms with Gasteiger partial charge in [0.1, 0.15) is 17.9 Å². The molecule has 0 bridgehead atoms. The van der Waals surface area contributed by atoms with E-state index in [0.717, 1.165) is 17.9 Å². The molecule has 3 aromatic rings. The van der Waals surface area contributed by atoms with E-state index in [-0.39, 0.29) is 42.0 Å². The molecule has 0 atom stereocenters. The number of nitriles is 1. The van der Waals surface area contributed by atoms with Gasteiger partial charge in [-0.05, 0) is 35.9 Å². The highest BCUT2D eigenvalue weighted by atomic mass is 19.3. The Hall–Kier alpha value is -5.05. The summed E-state index contributed by atoms with van der Waals surface area (Å²) in [5.74, 6) is -5.50. The summed E-state index contributed by atoms with van der Waals surface area (Å²) in [7, 11) is 2.91. The third-order valence-corrected chi connectivity index (χ3v) is 7.87. The monoisotopic (exact) mass is 591 g/mol. The van der Waals surface area contributed by atoms with Gasteiger partial charge in [-0.1, -0.05) is 30.3 Å². The summed E-state index contributed by atoms with van der Waals surface area (Å²) in [6, 6.07) is 16.1. The zero-order chi connectivity index (χ0) is 31.1. The Morgan fingerprint density at radius 3 is 2.37 bits per heavy atom. The molecule has 2 fully saturated rings. The molecule has 2 saturated heterocycles. The summed E-state index contributed by atoms with van der Waals surface area (Å²) in [6.45, 7) is 0.201. The number of piperazine rings is 1. The maximum Gasteiger partial charge on any atom is 0.342 e. The van der Waals surface area contributed by atoms with Gasteiger partial charge in [0.2, 0.25) is 5.91 Å². The van der Waals surface area contributed by atoms with Gasteiger partial charge in [-0.2, -0.15) is 5.26 Å². The first-order valence-electron chi connectivity index (χ1n) is 13.4. The average Bonchev–Trinajstić information content (AvgIpc) is 2.97. The van der Waals surface area contributed by atoms with E-state index in [1.807, 2.05) is 6.07 Å². The summed E-state index contributed by atoms with van der Waals surface area (Å²) in [5, 5.41) is 12.1. The van der Waals surface area contributed by atoms with Crippen LogP contribution in [0.15, 0.2) is 60.7 Å². The van der Waals surface area contributed by atoms with Crippen LogP contribution in [0.3, 0.4) is 0 Å². The van der Waals surface area contributed by atoms with E-state index in [9.17, 15) is 23.2 Å². The second kappa shape index (κ2) is 11.0. The summed E-state index contributed by atoms with van der Waals surface area (Å²) in [6.07, 6.45) is 0. The predicted molar refractivity (Wildman–Crippen MR) is 152 cm³/mol. The fraction of sp³-hybridized carbons (Fsp3) is 0.290. The van der Waals surface area contributed by atoms with Gasteiger partial charge >= 0.3 is 5.97 Å². The van der Waals surface area contributed by atoms with Gasteiger partial charge in [0, 0.05) is 26.1 Å². The van der Waals surface area contributed by atoms with Gasteiger partial charge < -0.3 is 19.9 Å². The molecule has 0 unspecified atom stereocenters. The van der Waals surface area contributed by atoms with Crippen molar-refractivity contribution in [3.8, 4) is 6.07 Å². The third kappa shape index (κ3) is 5.11. The number of nitrogens with one attached hydrogen (secondary N) is 1. The van der Waals surface area contributed by atoms with Gasteiger partial charge in [-0.15, -0.1) is 0 Å². The number of carbonyl (C=O) groups is 3. The first-order chi connectivity index (χ1) is 20.4. The van der Waals surface area contributed by atoms with E-state index < -0.39 is 41.6 Å². The third-order valence-electron chi connectivity index (χ3n) is 7.87. The predicted octanol–water partition coefficient (Wildman–Crippen LogP) is 4.27. The van der Waals surface area contributed by atoms with Crippen molar-refractivity contribution in [1.82, 2.24) is 4.90 Å². The van der Waals surface area contributed by atoms with Crippen molar-refractivity contribution in [3.63, 3.8) is 0 Å². The van der Waals surface area contributed by atoms with Crippen LogP contribution in [0.1, 0.15) is 34.0 Å². The van der Waals surface area contributed by atoms with Gasteiger partial charge in [0.15, 0.2) is 5.54 Å². The number of rotatable bonds is 7. The number of benzene rings is 3. The molecule has 2 amide bonds. The number of methoxy groups -OCH3 is 1. The lowest BCUT2D eigenvalue weighted by atomic mass is 9.82. The molecule has 1 N–H and O–H groups in total. The number of amides is 2. The Morgan fingerprint density at radius 1 is 1.09 bits per heavy atom. The lowest BCUT2D eigenvalue weighted by Gasteiger charge is -2.58. The SMILES string of the molecule is CNc1cccc(N2CC3(C2)C(=O)N(c2ccc(C#N)cc2F)CC(=O)N3Cc2ccc(C(C)(F)F)cc2)c1C(=O)OC. The molecular weight excluding hydrogens is 563 g/mol. The molecule has 5 rings (SSSR count). The number of nitrogens with zero attached hydrogens (tertiary/aromatic N) is 4. The summed E-state index contributed by atoms with van der Waals surface area (Å²) in [4.78, 5) is 44.9. The molecule has 0 saturated carbocycles.